The summed E-state index contributed by atoms with van der Waals surface area (Å²) in [6.45, 7) is 8.00. The summed E-state index contributed by atoms with van der Waals surface area (Å²) in [4.78, 5) is 22.0. The molecule has 15 heavy (non-hydrogen) atoms. The van der Waals surface area contributed by atoms with Gasteiger partial charge in [0.2, 0.25) is 0 Å². The maximum absolute atomic E-state index is 11.0. The van der Waals surface area contributed by atoms with Gasteiger partial charge in [-0.15, -0.1) is 0 Å². The summed E-state index contributed by atoms with van der Waals surface area (Å²) < 4.78 is 4.53. The highest BCUT2D eigenvalue weighted by Crippen LogP contribution is 2.36. The molecule has 0 aromatic heterocycles. The van der Waals surface area contributed by atoms with Gasteiger partial charge in [0.05, 0.1) is 11.8 Å². The van der Waals surface area contributed by atoms with E-state index in [0.29, 0.717) is 0 Å². The first-order chi connectivity index (χ1) is 7.29. The first kappa shape index (κ1) is 14.1. The van der Waals surface area contributed by atoms with Crippen LogP contribution < -0.4 is 0 Å². The van der Waals surface area contributed by atoms with E-state index in [4.69, 9.17) is 0 Å². The van der Waals surface area contributed by atoms with Crippen molar-refractivity contribution in [2.45, 2.75) is 53.4 Å². The van der Waals surface area contributed by atoms with E-state index in [1.165, 1.54) is 0 Å². The van der Waals surface area contributed by atoms with Crippen molar-refractivity contribution in [3.63, 3.8) is 0 Å². The quantitative estimate of drug-likeness (QED) is 0.460. The lowest BCUT2D eigenvalue weighted by Crippen LogP contribution is -2.21. The minimum absolute atomic E-state index is 0.101. The summed E-state index contributed by atoms with van der Waals surface area (Å²) in [7, 11) is 0. The smallest absolute Gasteiger partial charge is 0.317 e. The van der Waals surface area contributed by atoms with Gasteiger partial charge in [0.15, 0.2) is 0 Å². The van der Waals surface area contributed by atoms with Crippen molar-refractivity contribution in [2.75, 3.05) is 0 Å². The lowest BCUT2D eigenvalue weighted by molar-refractivity contribution is -0.153. The van der Waals surface area contributed by atoms with E-state index in [2.05, 4.69) is 4.74 Å². The van der Waals surface area contributed by atoms with Crippen LogP contribution in [-0.2, 0) is 14.3 Å². The second-order valence-electron chi connectivity index (χ2n) is 3.24. The lowest BCUT2D eigenvalue weighted by Gasteiger charge is -2.18. The molecule has 1 unspecified atom stereocenters. The Bertz CT molecular complexity index is 189. The second kappa shape index (κ2) is 7.43. The summed E-state index contributed by atoms with van der Waals surface area (Å²) in [6.07, 6.45) is 3.80. The first-order valence-corrected chi connectivity index (χ1v) is 6.04. The Morgan fingerprint density at radius 3 is 1.53 bits per heavy atom. The molecule has 88 valence electrons. The minimum atomic E-state index is -0.292. The molecule has 0 aromatic carbocycles. The summed E-state index contributed by atoms with van der Waals surface area (Å²) in [5, 5.41) is 0. The van der Waals surface area contributed by atoms with E-state index in [-0.39, 0.29) is 23.8 Å². The van der Waals surface area contributed by atoms with Crippen LogP contribution in [0.25, 0.3) is 0 Å². The third-order valence-electron chi connectivity index (χ3n) is 2.57. The van der Waals surface area contributed by atoms with Crippen LogP contribution in [0.5, 0.6) is 0 Å². The number of rotatable bonds is 0. The number of esters is 2. The van der Waals surface area contributed by atoms with Gasteiger partial charge < -0.3 is 4.74 Å². The van der Waals surface area contributed by atoms with Gasteiger partial charge >= 0.3 is 11.9 Å². The zero-order valence-electron chi connectivity index (χ0n) is 10.2. The van der Waals surface area contributed by atoms with Crippen LogP contribution in [0.3, 0.4) is 0 Å². The molecule has 0 N–H and O–H groups in total. The van der Waals surface area contributed by atoms with Crippen LogP contribution >= 0.6 is 0 Å². The predicted molar refractivity (Wildman–Crippen MR) is 59.2 cm³/mol. The summed E-state index contributed by atoms with van der Waals surface area (Å²) in [5.74, 6) is -0.785. The first-order valence-electron chi connectivity index (χ1n) is 6.04. The molecule has 2 aliphatic rings. The van der Waals surface area contributed by atoms with Gasteiger partial charge in [-0.25, -0.2) is 0 Å². The van der Waals surface area contributed by atoms with Crippen LogP contribution in [0.2, 0.25) is 0 Å². The topological polar surface area (TPSA) is 43.4 Å². The van der Waals surface area contributed by atoms with Gasteiger partial charge in [-0.3, -0.25) is 9.59 Å². The number of hydrogen-bond acceptors (Lipinski definition) is 3. The second-order valence-corrected chi connectivity index (χ2v) is 3.24. The van der Waals surface area contributed by atoms with E-state index >= 15 is 0 Å². The standard InChI is InChI=1S/C8H10O3.2C2H6/c9-7-5-3-1-2-4-6(5)8(10)11-7;2*1-2/h5-6H,1-4H2;2*1-2H3/t5-,6?;;/m0../s1. The Balaban J connectivity index is 0.000000442. The highest BCUT2D eigenvalue weighted by atomic mass is 16.6. The average Bonchev–Trinajstić information content (AvgIpc) is 2.61. The fraction of sp³-hybridized carbons (Fsp3) is 0.833. The highest BCUT2D eigenvalue weighted by molar-refractivity contribution is 5.96. The van der Waals surface area contributed by atoms with Crippen LogP contribution in [0.1, 0.15) is 53.4 Å². The van der Waals surface area contributed by atoms with E-state index < -0.39 is 0 Å². The lowest BCUT2D eigenvalue weighted by atomic mass is 9.81. The number of fused-ring (bicyclic) bond motifs is 1. The molecule has 0 aromatic rings. The molecule has 0 amide bonds. The third kappa shape index (κ3) is 3.33. The van der Waals surface area contributed by atoms with Crippen molar-refractivity contribution in [3.8, 4) is 0 Å². The fourth-order valence-electron chi connectivity index (χ4n) is 1.95. The van der Waals surface area contributed by atoms with Crippen molar-refractivity contribution in [2.24, 2.45) is 11.8 Å². The van der Waals surface area contributed by atoms with Crippen molar-refractivity contribution >= 4 is 11.9 Å². The third-order valence-corrected chi connectivity index (χ3v) is 2.57. The van der Waals surface area contributed by atoms with Crippen molar-refractivity contribution in [3.05, 3.63) is 0 Å². The van der Waals surface area contributed by atoms with Crippen molar-refractivity contribution in [1.82, 2.24) is 0 Å². The molecule has 1 saturated carbocycles. The van der Waals surface area contributed by atoms with E-state index in [1.807, 2.05) is 27.7 Å². The molecule has 3 heteroatoms. The van der Waals surface area contributed by atoms with Crippen LogP contribution in [-0.4, -0.2) is 11.9 Å². The van der Waals surface area contributed by atoms with Gasteiger partial charge in [0.25, 0.3) is 0 Å². The van der Waals surface area contributed by atoms with Crippen LogP contribution in [0, 0.1) is 11.8 Å². The molecule has 1 aliphatic carbocycles. The van der Waals surface area contributed by atoms with Gasteiger partial charge in [0, 0.05) is 0 Å². The molecular formula is C12H22O3. The van der Waals surface area contributed by atoms with Crippen LogP contribution in [0.15, 0.2) is 0 Å². The molecular weight excluding hydrogens is 192 g/mol. The number of hydrogen-bond donors (Lipinski definition) is 0. The van der Waals surface area contributed by atoms with Gasteiger partial charge in [0.1, 0.15) is 0 Å². The Hall–Kier alpha value is -0.860. The molecule has 1 saturated heterocycles. The molecule has 0 bridgehead atoms. The van der Waals surface area contributed by atoms with Gasteiger partial charge in [-0.2, -0.15) is 0 Å². The molecule has 1 heterocycles. The minimum Gasteiger partial charge on any atom is -0.393 e. The molecule has 2 rings (SSSR count). The maximum atomic E-state index is 11.0. The normalized spacial score (nSPS) is 27.7. The average molecular weight is 214 g/mol. The van der Waals surface area contributed by atoms with Crippen LogP contribution in [0.4, 0.5) is 0 Å². The largest absolute Gasteiger partial charge is 0.393 e. The Kier molecular flexibility index (Phi) is 7.01. The Labute approximate surface area is 92.2 Å². The zero-order chi connectivity index (χ0) is 11.8. The fourth-order valence-corrected chi connectivity index (χ4v) is 1.95. The molecule has 3 nitrogen and oxygen atoms in total. The van der Waals surface area contributed by atoms with Crippen molar-refractivity contribution < 1.29 is 14.3 Å². The Morgan fingerprint density at radius 2 is 1.20 bits per heavy atom. The number of carbonyl (C=O) groups excluding carboxylic acids is 2. The van der Waals surface area contributed by atoms with Gasteiger partial charge in [-0.05, 0) is 12.8 Å². The molecule has 0 spiro atoms. The zero-order valence-corrected chi connectivity index (χ0v) is 10.2. The van der Waals surface area contributed by atoms with E-state index in [0.717, 1.165) is 25.7 Å². The SMILES string of the molecule is CC.CC.O=C1OC(=O)[C@H]2CCCCC12. The molecule has 1 aliphatic heterocycles. The summed E-state index contributed by atoms with van der Waals surface area (Å²) >= 11 is 0. The number of ether oxygens (including phenoxy) is 1. The summed E-state index contributed by atoms with van der Waals surface area (Å²) in [6, 6.07) is 0. The van der Waals surface area contributed by atoms with E-state index in [1.54, 1.807) is 0 Å². The van der Waals surface area contributed by atoms with Gasteiger partial charge in [-0.1, -0.05) is 40.5 Å². The molecule has 0 radical (unpaired) electrons. The summed E-state index contributed by atoms with van der Waals surface area (Å²) in [5.41, 5.74) is 0. The number of cyclic esters (lactones) is 2. The van der Waals surface area contributed by atoms with Crippen molar-refractivity contribution in [1.29, 1.82) is 0 Å². The predicted octanol–water partition coefficient (Wildman–Crippen LogP) is 2.93. The molecule has 2 fully saturated rings. The number of carbonyl (C=O) groups is 2. The maximum Gasteiger partial charge on any atom is 0.317 e. The van der Waals surface area contributed by atoms with E-state index in [9.17, 15) is 9.59 Å². The highest BCUT2D eigenvalue weighted by Gasteiger charge is 2.44. The Morgan fingerprint density at radius 1 is 0.867 bits per heavy atom. The molecule has 2 atom stereocenters. The monoisotopic (exact) mass is 214 g/mol.